The van der Waals surface area contributed by atoms with E-state index in [1.54, 1.807) is 4.90 Å². The zero-order valence-electron chi connectivity index (χ0n) is 7.73. The number of aliphatic hydroxyl groups excluding tert-OH is 2. The average Bonchev–Trinajstić information content (AvgIpc) is 2.04. The summed E-state index contributed by atoms with van der Waals surface area (Å²) in [7, 11) is 0. The lowest BCUT2D eigenvalue weighted by molar-refractivity contribution is -0.128. The predicted molar refractivity (Wildman–Crippen MR) is 48.2 cm³/mol. The number of carbonyl (C=O) groups is 1. The molecule has 0 unspecified atom stereocenters. The fourth-order valence-electron chi connectivity index (χ4n) is 1.36. The lowest BCUT2D eigenvalue weighted by Gasteiger charge is -2.28. The van der Waals surface area contributed by atoms with Crippen LogP contribution in [0.1, 0.15) is 19.8 Å². The van der Waals surface area contributed by atoms with E-state index >= 15 is 0 Å². The van der Waals surface area contributed by atoms with Crippen molar-refractivity contribution in [1.82, 2.24) is 4.90 Å². The Bertz CT molecular complexity index is 213. The van der Waals surface area contributed by atoms with Crippen molar-refractivity contribution >= 4 is 5.91 Å². The summed E-state index contributed by atoms with van der Waals surface area (Å²) in [5.74, 6) is -0.150. The maximum Gasteiger partial charge on any atom is 0.249 e. The van der Waals surface area contributed by atoms with Crippen LogP contribution in [-0.4, -0.2) is 40.2 Å². The standard InChI is InChI=1S/C9H15NO3/c1-7(11)6-9(13)10-4-2-8(12)3-5-10/h6,8,11-12H,2-5H2,1H3. The Kier molecular flexibility index (Phi) is 3.31. The fourth-order valence-corrected chi connectivity index (χ4v) is 1.36. The summed E-state index contributed by atoms with van der Waals surface area (Å²) in [5.41, 5.74) is 0. The number of piperidine rings is 1. The van der Waals surface area contributed by atoms with E-state index in [1.807, 2.05) is 0 Å². The van der Waals surface area contributed by atoms with E-state index in [-0.39, 0.29) is 17.8 Å². The summed E-state index contributed by atoms with van der Waals surface area (Å²) in [5, 5.41) is 18.1. The van der Waals surface area contributed by atoms with Crippen molar-refractivity contribution in [1.29, 1.82) is 0 Å². The van der Waals surface area contributed by atoms with Crippen molar-refractivity contribution < 1.29 is 15.0 Å². The Morgan fingerprint density at radius 2 is 2.00 bits per heavy atom. The molecule has 0 aromatic carbocycles. The minimum atomic E-state index is -0.275. The molecule has 74 valence electrons. The maximum atomic E-state index is 11.3. The van der Waals surface area contributed by atoms with Crippen LogP contribution in [0.25, 0.3) is 0 Å². The second-order valence-electron chi connectivity index (χ2n) is 3.34. The number of amides is 1. The van der Waals surface area contributed by atoms with Crippen molar-refractivity contribution in [3.05, 3.63) is 11.8 Å². The molecule has 0 aromatic rings. The first-order chi connectivity index (χ1) is 6.09. The van der Waals surface area contributed by atoms with Crippen LogP contribution < -0.4 is 0 Å². The number of allylic oxidation sites excluding steroid dienone is 1. The molecule has 0 aromatic heterocycles. The first-order valence-electron chi connectivity index (χ1n) is 4.44. The minimum Gasteiger partial charge on any atom is -0.512 e. The van der Waals surface area contributed by atoms with Gasteiger partial charge in [-0.15, -0.1) is 0 Å². The Labute approximate surface area is 77.5 Å². The van der Waals surface area contributed by atoms with Crippen molar-refractivity contribution in [2.24, 2.45) is 0 Å². The molecule has 1 amide bonds. The molecule has 2 N–H and O–H groups in total. The van der Waals surface area contributed by atoms with E-state index in [1.165, 1.54) is 13.0 Å². The molecule has 1 aliphatic heterocycles. The summed E-state index contributed by atoms with van der Waals surface area (Å²) >= 11 is 0. The smallest absolute Gasteiger partial charge is 0.249 e. The van der Waals surface area contributed by atoms with Crippen LogP contribution in [0, 0.1) is 0 Å². The molecule has 0 bridgehead atoms. The molecule has 13 heavy (non-hydrogen) atoms. The van der Waals surface area contributed by atoms with Crippen LogP contribution >= 0.6 is 0 Å². The number of nitrogens with zero attached hydrogens (tertiary/aromatic N) is 1. The van der Waals surface area contributed by atoms with Gasteiger partial charge in [0.25, 0.3) is 0 Å². The van der Waals surface area contributed by atoms with Crippen LogP contribution in [0.5, 0.6) is 0 Å². The molecule has 1 fully saturated rings. The number of aliphatic hydroxyl groups is 2. The van der Waals surface area contributed by atoms with Gasteiger partial charge in [-0.2, -0.15) is 0 Å². The van der Waals surface area contributed by atoms with Gasteiger partial charge in [0.1, 0.15) is 0 Å². The van der Waals surface area contributed by atoms with Gasteiger partial charge < -0.3 is 15.1 Å². The molecule has 0 radical (unpaired) electrons. The number of hydrogen-bond donors (Lipinski definition) is 2. The number of carbonyl (C=O) groups excluding carboxylic acids is 1. The third kappa shape index (κ3) is 3.06. The topological polar surface area (TPSA) is 60.8 Å². The molecule has 0 atom stereocenters. The Morgan fingerprint density at radius 3 is 2.46 bits per heavy atom. The molecule has 1 rings (SSSR count). The first-order valence-corrected chi connectivity index (χ1v) is 4.44. The van der Waals surface area contributed by atoms with Crippen LogP contribution in [0.2, 0.25) is 0 Å². The Morgan fingerprint density at radius 1 is 1.46 bits per heavy atom. The highest BCUT2D eigenvalue weighted by Gasteiger charge is 2.19. The normalized spacial score (nSPS) is 20.5. The van der Waals surface area contributed by atoms with E-state index in [4.69, 9.17) is 5.11 Å². The van der Waals surface area contributed by atoms with Crippen LogP contribution in [0.15, 0.2) is 11.8 Å². The number of hydrogen-bond acceptors (Lipinski definition) is 3. The van der Waals surface area contributed by atoms with Gasteiger partial charge in [0.15, 0.2) is 0 Å². The van der Waals surface area contributed by atoms with E-state index in [0.717, 1.165) is 0 Å². The first kappa shape index (κ1) is 10.1. The summed E-state index contributed by atoms with van der Waals surface area (Å²) in [6.07, 6.45) is 2.19. The van der Waals surface area contributed by atoms with Gasteiger partial charge in [-0.3, -0.25) is 4.79 Å². The quantitative estimate of drug-likeness (QED) is 0.460. The molecule has 1 saturated heterocycles. The third-order valence-electron chi connectivity index (χ3n) is 2.11. The SMILES string of the molecule is CC(O)=CC(=O)N1CCC(O)CC1. The van der Waals surface area contributed by atoms with Gasteiger partial charge in [0.2, 0.25) is 5.91 Å². The highest BCUT2D eigenvalue weighted by molar-refractivity contribution is 5.87. The summed E-state index contributed by atoms with van der Waals surface area (Å²) < 4.78 is 0. The predicted octanol–water partition coefficient (Wildman–Crippen LogP) is 0.432. The van der Waals surface area contributed by atoms with Gasteiger partial charge in [0.05, 0.1) is 11.9 Å². The monoisotopic (exact) mass is 185 g/mol. The van der Waals surface area contributed by atoms with Gasteiger partial charge in [0, 0.05) is 19.2 Å². The molecular weight excluding hydrogens is 170 g/mol. The van der Waals surface area contributed by atoms with E-state index in [2.05, 4.69) is 0 Å². The molecule has 0 spiro atoms. The second kappa shape index (κ2) is 4.28. The third-order valence-corrected chi connectivity index (χ3v) is 2.11. The zero-order valence-corrected chi connectivity index (χ0v) is 7.73. The summed E-state index contributed by atoms with van der Waals surface area (Å²) in [6.45, 7) is 2.62. The zero-order chi connectivity index (χ0) is 9.84. The van der Waals surface area contributed by atoms with Crippen molar-refractivity contribution in [2.75, 3.05) is 13.1 Å². The molecule has 4 heteroatoms. The molecule has 1 heterocycles. The van der Waals surface area contributed by atoms with Gasteiger partial charge >= 0.3 is 0 Å². The molecule has 0 aliphatic carbocycles. The molecule has 1 aliphatic rings. The highest BCUT2D eigenvalue weighted by Crippen LogP contribution is 2.10. The van der Waals surface area contributed by atoms with Crippen molar-refractivity contribution in [2.45, 2.75) is 25.9 Å². The average molecular weight is 185 g/mol. The lowest BCUT2D eigenvalue weighted by atomic mass is 10.1. The van der Waals surface area contributed by atoms with E-state index < -0.39 is 0 Å². The second-order valence-corrected chi connectivity index (χ2v) is 3.34. The number of likely N-dealkylation sites (tertiary alicyclic amines) is 1. The van der Waals surface area contributed by atoms with Gasteiger partial charge in [-0.25, -0.2) is 0 Å². The van der Waals surface area contributed by atoms with Crippen molar-refractivity contribution in [3.8, 4) is 0 Å². The molecule has 0 saturated carbocycles. The largest absolute Gasteiger partial charge is 0.512 e. The van der Waals surface area contributed by atoms with E-state index in [0.29, 0.717) is 25.9 Å². The summed E-state index contributed by atoms with van der Waals surface area (Å²) in [4.78, 5) is 13.0. The molecular formula is C9H15NO3. The van der Waals surface area contributed by atoms with Gasteiger partial charge in [-0.05, 0) is 19.8 Å². The fraction of sp³-hybridized carbons (Fsp3) is 0.667. The molecule has 4 nitrogen and oxygen atoms in total. The Balaban J connectivity index is 2.45. The Hall–Kier alpha value is -1.03. The van der Waals surface area contributed by atoms with E-state index in [9.17, 15) is 9.90 Å². The number of rotatable bonds is 1. The van der Waals surface area contributed by atoms with Gasteiger partial charge in [-0.1, -0.05) is 0 Å². The van der Waals surface area contributed by atoms with Crippen LogP contribution in [0.4, 0.5) is 0 Å². The highest BCUT2D eigenvalue weighted by atomic mass is 16.3. The van der Waals surface area contributed by atoms with Crippen LogP contribution in [-0.2, 0) is 4.79 Å². The van der Waals surface area contributed by atoms with Crippen LogP contribution in [0.3, 0.4) is 0 Å². The summed E-state index contributed by atoms with van der Waals surface area (Å²) in [6, 6.07) is 0. The van der Waals surface area contributed by atoms with Crippen molar-refractivity contribution in [3.63, 3.8) is 0 Å². The lowest BCUT2D eigenvalue weighted by Crippen LogP contribution is -2.39. The minimum absolute atomic E-state index is 0.0242. The maximum absolute atomic E-state index is 11.3.